The normalized spacial score (nSPS) is 14.5. The van der Waals surface area contributed by atoms with Gasteiger partial charge in [0, 0.05) is 26.1 Å². The molecule has 0 aliphatic carbocycles. The summed E-state index contributed by atoms with van der Waals surface area (Å²) >= 11 is 0. The third-order valence-electron chi connectivity index (χ3n) is 7.33. The van der Waals surface area contributed by atoms with Crippen LogP contribution in [0.4, 0.5) is 4.79 Å². The first-order valence-corrected chi connectivity index (χ1v) is 15.6. The van der Waals surface area contributed by atoms with Gasteiger partial charge >= 0.3 is 6.09 Å². The van der Waals surface area contributed by atoms with Crippen LogP contribution in [0.1, 0.15) is 91.4 Å². The second kappa shape index (κ2) is 19.4. The fourth-order valence-corrected chi connectivity index (χ4v) is 4.65. The summed E-state index contributed by atoms with van der Waals surface area (Å²) in [5.74, 6) is -0.337. The summed E-state index contributed by atoms with van der Waals surface area (Å²) in [6.07, 6.45) is 0.749. The molecule has 10 heteroatoms. The van der Waals surface area contributed by atoms with E-state index in [9.17, 15) is 19.5 Å². The van der Waals surface area contributed by atoms with Gasteiger partial charge < -0.3 is 35.3 Å². The number of aliphatic hydroxyl groups excluding tert-OH is 1. The number of alkyl carbamates (subject to hydrolysis) is 1. The standard InChI is InChI=1S/C33H57N3O7/c1-10-11-16-34-31(39)26(23(4)5)20-28(37)27(36-32(40)43-33(6,7)8)19-24(22(2)3)21-35-30(38)25-14-12-13-15-29(25)42-18-17-41-9/h12-15,22-24,26-28,37H,10-11,16-21H2,1-9H3,(H,34,39)(H,35,38)(H,36,40). The maximum absolute atomic E-state index is 13.2. The zero-order chi connectivity index (χ0) is 32.6. The predicted octanol–water partition coefficient (Wildman–Crippen LogP) is 4.94. The van der Waals surface area contributed by atoms with Crippen molar-refractivity contribution in [1.82, 2.24) is 16.0 Å². The lowest BCUT2D eigenvalue weighted by Gasteiger charge is -2.33. The molecule has 4 unspecified atom stereocenters. The number of carbonyl (C=O) groups is 3. The molecule has 43 heavy (non-hydrogen) atoms. The van der Waals surface area contributed by atoms with Gasteiger partial charge in [0.25, 0.3) is 5.91 Å². The summed E-state index contributed by atoms with van der Waals surface area (Å²) < 4.78 is 16.3. The molecule has 1 aromatic rings. The fourth-order valence-electron chi connectivity index (χ4n) is 4.65. The SMILES string of the molecule is CCCCNC(=O)C(CC(O)C(CC(CNC(=O)c1ccccc1OCCOC)C(C)C)NC(=O)OC(C)(C)C)C(C)C. The van der Waals surface area contributed by atoms with Gasteiger partial charge in [-0.1, -0.05) is 53.2 Å². The number of unbranched alkanes of at least 4 members (excludes halogenated alkanes) is 1. The molecule has 0 heterocycles. The van der Waals surface area contributed by atoms with E-state index in [2.05, 4.69) is 22.9 Å². The average molecular weight is 608 g/mol. The Morgan fingerprint density at radius 3 is 2.21 bits per heavy atom. The van der Waals surface area contributed by atoms with Gasteiger partial charge in [-0.2, -0.15) is 0 Å². The Hall–Kier alpha value is -2.85. The lowest BCUT2D eigenvalue weighted by atomic mass is 9.82. The second-order valence-electron chi connectivity index (χ2n) is 12.8. The smallest absolute Gasteiger partial charge is 0.407 e. The van der Waals surface area contributed by atoms with Crippen molar-refractivity contribution in [2.24, 2.45) is 23.7 Å². The number of nitrogens with one attached hydrogen (secondary N) is 3. The Balaban J connectivity index is 3.11. The van der Waals surface area contributed by atoms with Crippen LogP contribution in [0.25, 0.3) is 0 Å². The van der Waals surface area contributed by atoms with E-state index in [-0.39, 0.29) is 36.0 Å². The molecule has 10 nitrogen and oxygen atoms in total. The Kier molecular flexibility index (Phi) is 17.3. The van der Waals surface area contributed by atoms with Crippen LogP contribution in [0.3, 0.4) is 0 Å². The van der Waals surface area contributed by atoms with Crippen molar-refractivity contribution in [1.29, 1.82) is 0 Å². The Morgan fingerprint density at radius 1 is 0.953 bits per heavy atom. The molecule has 1 aromatic carbocycles. The van der Waals surface area contributed by atoms with Crippen molar-refractivity contribution in [2.45, 2.75) is 98.8 Å². The number of ether oxygens (including phenoxy) is 3. The van der Waals surface area contributed by atoms with Gasteiger partial charge in [-0.05, 0) is 69.9 Å². The largest absolute Gasteiger partial charge is 0.490 e. The van der Waals surface area contributed by atoms with E-state index in [1.807, 2.05) is 27.7 Å². The number of hydrogen-bond acceptors (Lipinski definition) is 7. The topological polar surface area (TPSA) is 135 Å². The van der Waals surface area contributed by atoms with Gasteiger partial charge in [0.15, 0.2) is 0 Å². The molecule has 0 bridgehead atoms. The fraction of sp³-hybridized carbons (Fsp3) is 0.727. The highest BCUT2D eigenvalue weighted by atomic mass is 16.6. The molecule has 0 aromatic heterocycles. The Labute approximate surface area is 259 Å². The maximum Gasteiger partial charge on any atom is 0.407 e. The Morgan fingerprint density at radius 2 is 1.63 bits per heavy atom. The van der Waals surface area contributed by atoms with Crippen molar-refractivity contribution in [2.75, 3.05) is 33.4 Å². The summed E-state index contributed by atoms with van der Waals surface area (Å²) in [5, 5.41) is 20.3. The zero-order valence-corrected chi connectivity index (χ0v) is 27.8. The summed E-state index contributed by atoms with van der Waals surface area (Å²) in [5.41, 5.74) is -0.304. The lowest BCUT2D eigenvalue weighted by molar-refractivity contribution is -0.127. The molecule has 246 valence electrons. The molecule has 0 saturated heterocycles. The van der Waals surface area contributed by atoms with Gasteiger partial charge in [-0.3, -0.25) is 9.59 Å². The van der Waals surface area contributed by atoms with Gasteiger partial charge in [-0.25, -0.2) is 4.79 Å². The third-order valence-corrected chi connectivity index (χ3v) is 7.33. The number of para-hydroxylation sites is 1. The molecule has 1 rings (SSSR count). The van der Waals surface area contributed by atoms with Crippen LogP contribution < -0.4 is 20.7 Å². The molecule has 0 fully saturated rings. The minimum atomic E-state index is -1.01. The summed E-state index contributed by atoms with van der Waals surface area (Å²) in [7, 11) is 1.58. The van der Waals surface area contributed by atoms with Crippen molar-refractivity contribution >= 4 is 17.9 Å². The molecule has 4 N–H and O–H groups in total. The van der Waals surface area contributed by atoms with E-state index >= 15 is 0 Å². The highest BCUT2D eigenvalue weighted by Crippen LogP contribution is 2.25. The van der Waals surface area contributed by atoms with E-state index in [0.29, 0.717) is 44.0 Å². The monoisotopic (exact) mass is 607 g/mol. The van der Waals surface area contributed by atoms with Gasteiger partial charge in [0.1, 0.15) is 18.0 Å². The van der Waals surface area contributed by atoms with Crippen molar-refractivity contribution in [3.63, 3.8) is 0 Å². The molecule has 3 amide bonds. The first-order valence-electron chi connectivity index (χ1n) is 15.6. The third kappa shape index (κ3) is 14.9. The number of carbonyl (C=O) groups excluding carboxylic acids is 3. The number of amides is 3. The van der Waals surface area contributed by atoms with E-state index in [4.69, 9.17) is 14.2 Å². The number of benzene rings is 1. The van der Waals surface area contributed by atoms with Crippen LogP contribution in [0, 0.1) is 23.7 Å². The Bertz CT molecular complexity index is 977. The lowest BCUT2D eigenvalue weighted by Crippen LogP contribution is -2.49. The maximum atomic E-state index is 13.2. The quantitative estimate of drug-likeness (QED) is 0.164. The van der Waals surface area contributed by atoms with Crippen LogP contribution in [0.5, 0.6) is 5.75 Å². The van der Waals surface area contributed by atoms with E-state index in [1.54, 1.807) is 52.1 Å². The molecule has 0 aliphatic heterocycles. The number of aliphatic hydroxyl groups is 1. The van der Waals surface area contributed by atoms with Gasteiger partial charge in [-0.15, -0.1) is 0 Å². The van der Waals surface area contributed by atoms with Gasteiger partial charge in [0.2, 0.25) is 5.91 Å². The zero-order valence-electron chi connectivity index (χ0n) is 27.8. The summed E-state index contributed by atoms with van der Waals surface area (Å²) in [6, 6.07) is 6.33. The molecule has 4 atom stereocenters. The van der Waals surface area contributed by atoms with Crippen LogP contribution in [0.15, 0.2) is 24.3 Å². The van der Waals surface area contributed by atoms with E-state index in [0.717, 1.165) is 12.8 Å². The summed E-state index contributed by atoms with van der Waals surface area (Å²) in [4.78, 5) is 39.0. The molecule has 0 spiro atoms. The molecule has 0 aliphatic rings. The highest BCUT2D eigenvalue weighted by Gasteiger charge is 2.33. The molecular formula is C33H57N3O7. The van der Waals surface area contributed by atoms with Gasteiger partial charge in [0.05, 0.1) is 24.3 Å². The van der Waals surface area contributed by atoms with Crippen LogP contribution in [-0.4, -0.2) is 74.2 Å². The van der Waals surface area contributed by atoms with Crippen molar-refractivity contribution in [3.05, 3.63) is 29.8 Å². The van der Waals surface area contributed by atoms with Crippen LogP contribution in [-0.2, 0) is 14.3 Å². The minimum absolute atomic E-state index is 0.00943. The van der Waals surface area contributed by atoms with E-state index < -0.39 is 29.8 Å². The number of rotatable bonds is 19. The first-order chi connectivity index (χ1) is 20.2. The first kappa shape index (κ1) is 38.2. The van der Waals surface area contributed by atoms with E-state index in [1.165, 1.54) is 0 Å². The van der Waals surface area contributed by atoms with Crippen molar-refractivity contribution < 1.29 is 33.7 Å². The van der Waals surface area contributed by atoms with Crippen LogP contribution in [0.2, 0.25) is 0 Å². The number of methoxy groups -OCH3 is 1. The highest BCUT2D eigenvalue weighted by molar-refractivity contribution is 5.96. The molecule has 0 saturated carbocycles. The second-order valence-corrected chi connectivity index (χ2v) is 12.8. The van der Waals surface area contributed by atoms with Crippen LogP contribution >= 0.6 is 0 Å². The summed E-state index contributed by atoms with van der Waals surface area (Å²) in [6.45, 7) is 17.0. The predicted molar refractivity (Wildman–Crippen MR) is 169 cm³/mol. The molecule has 0 radical (unpaired) electrons. The average Bonchev–Trinajstić information content (AvgIpc) is 2.92. The number of hydrogen-bond donors (Lipinski definition) is 4. The molecular weight excluding hydrogens is 550 g/mol. The minimum Gasteiger partial charge on any atom is -0.490 e. The van der Waals surface area contributed by atoms with Crippen molar-refractivity contribution in [3.8, 4) is 5.75 Å².